The number of aryl methyl sites for hydroxylation is 2. The van der Waals surface area contributed by atoms with Gasteiger partial charge in [-0.25, -0.2) is 8.42 Å². The maximum Gasteiger partial charge on any atom is 0.244 e. The van der Waals surface area contributed by atoms with Crippen molar-refractivity contribution < 1.29 is 18.0 Å². The molecule has 3 aromatic rings. The van der Waals surface area contributed by atoms with Crippen LogP contribution in [0.1, 0.15) is 35.6 Å². The summed E-state index contributed by atoms with van der Waals surface area (Å²) >= 11 is 13.0. The van der Waals surface area contributed by atoms with E-state index >= 15 is 0 Å². The summed E-state index contributed by atoms with van der Waals surface area (Å²) in [5.74, 6) is -0.911. The van der Waals surface area contributed by atoms with Crippen molar-refractivity contribution in [3.63, 3.8) is 0 Å². The Labute approximate surface area is 247 Å². The molecule has 10 heteroatoms. The molecule has 1 N–H and O–H groups in total. The molecule has 0 saturated heterocycles. The van der Waals surface area contributed by atoms with Gasteiger partial charge in [-0.05, 0) is 61.2 Å². The van der Waals surface area contributed by atoms with Crippen LogP contribution in [0.5, 0.6) is 0 Å². The molecule has 0 saturated carbocycles. The number of rotatable bonds is 12. The number of amides is 2. The van der Waals surface area contributed by atoms with Gasteiger partial charge in [0.05, 0.1) is 11.9 Å². The van der Waals surface area contributed by atoms with Crippen molar-refractivity contribution in [3.8, 4) is 0 Å². The molecule has 3 rings (SSSR count). The van der Waals surface area contributed by atoms with Crippen LogP contribution in [0.2, 0.25) is 10.0 Å². The Morgan fingerprint density at radius 2 is 1.57 bits per heavy atom. The van der Waals surface area contributed by atoms with E-state index in [4.69, 9.17) is 23.2 Å². The van der Waals surface area contributed by atoms with Crippen LogP contribution in [0.3, 0.4) is 0 Å². The zero-order chi connectivity index (χ0) is 29.4. The second-order valence-electron chi connectivity index (χ2n) is 9.76. The fraction of sp³-hybridized carbons (Fsp3) is 0.333. The molecular formula is C30H35Cl2N3O4S. The van der Waals surface area contributed by atoms with Gasteiger partial charge in [-0.2, -0.15) is 0 Å². The van der Waals surface area contributed by atoms with Crippen LogP contribution in [0, 0.1) is 13.8 Å². The minimum Gasteiger partial charge on any atom is -0.354 e. The summed E-state index contributed by atoms with van der Waals surface area (Å²) in [6, 6.07) is 18.6. The Kier molecular flexibility index (Phi) is 11.0. The summed E-state index contributed by atoms with van der Waals surface area (Å²) < 4.78 is 26.9. The summed E-state index contributed by atoms with van der Waals surface area (Å²) in [6.07, 6.45) is 1.98. The van der Waals surface area contributed by atoms with Crippen LogP contribution in [0.25, 0.3) is 0 Å². The van der Waals surface area contributed by atoms with Gasteiger partial charge in [0.1, 0.15) is 12.6 Å². The minimum absolute atomic E-state index is 0.0844. The van der Waals surface area contributed by atoms with Gasteiger partial charge < -0.3 is 10.2 Å². The Balaban J connectivity index is 2.10. The predicted octanol–water partition coefficient (Wildman–Crippen LogP) is 5.54. The topological polar surface area (TPSA) is 86.8 Å². The van der Waals surface area contributed by atoms with E-state index in [1.807, 2.05) is 57.2 Å². The van der Waals surface area contributed by atoms with E-state index in [-0.39, 0.29) is 18.9 Å². The summed E-state index contributed by atoms with van der Waals surface area (Å²) in [6.45, 7) is 5.58. The van der Waals surface area contributed by atoms with E-state index in [0.29, 0.717) is 34.3 Å². The van der Waals surface area contributed by atoms with E-state index < -0.39 is 28.5 Å². The van der Waals surface area contributed by atoms with Crippen molar-refractivity contribution in [3.05, 3.63) is 99.0 Å². The quantitative estimate of drug-likeness (QED) is 0.294. The van der Waals surface area contributed by atoms with Crippen molar-refractivity contribution in [2.24, 2.45) is 0 Å². The van der Waals surface area contributed by atoms with Gasteiger partial charge in [-0.15, -0.1) is 0 Å². The van der Waals surface area contributed by atoms with Crippen LogP contribution in [0.15, 0.2) is 66.7 Å². The molecule has 0 aromatic heterocycles. The van der Waals surface area contributed by atoms with Gasteiger partial charge in [0.15, 0.2) is 0 Å². The lowest BCUT2D eigenvalue weighted by Gasteiger charge is -2.34. The average molecular weight is 605 g/mol. The second kappa shape index (κ2) is 14.0. The first-order valence-electron chi connectivity index (χ1n) is 13.0. The molecule has 2 amide bonds. The normalized spacial score (nSPS) is 12.1. The standard InChI is InChI=1S/C30H35Cl2N3O4S/c1-5-16-33-30(37)28(18-23-10-7-6-8-11-23)34(19-25-26(31)12-9-13-27(25)32)29(36)20-35(40(4,38)39)24-15-14-21(2)22(3)17-24/h6-15,17,28H,5,16,18-20H2,1-4H3,(H,33,37). The summed E-state index contributed by atoms with van der Waals surface area (Å²) in [5, 5.41) is 3.58. The molecule has 0 heterocycles. The lowest BCUT2D eigenvalue weighted by atomic mass is 10.0. The molecule has 0 aliphatic carbocycles. The van der Waals surface area contributed by atoms with Crippen LogP contribution in [0.4, 0.5) is 5.69 Å². The molecule has 0 aliphatic heterocycles. The van der Waals surface area contributed by atoms with Gasteiger partial charge in [-0.1, -0.05) is 72.6 Å². The van der Waals surface area contributed by atoms with Gasteiger partial charge in [0.25, 0.3) is 0 Å². The lowest BCUT2D eigenvalue weighted by Crippen LogP contribution is -2.53. The van der Waals surface area contributed by atoms with Gasteiger partial charge in [-0.3, -0.25) is 13.9 Å². The van der Waals surface area contributed by atoms with E-state index in [2.05, 4.69) is 5.32 Å². The van der Waals surface area contributed by atoms with Crippen LogP contribution in [-0.2, 0) is 32.6 Å². The van der Waals surface area contributed by atoms with Crippen LogP contribution in [-0.4, -0.2) is 50.5 Å². The zero-order valence-corrected chi connectivity index (χ0v) is 25.5. The van der Waals surface area contributed by atoms with Crippen molar-refractivity contribution in [2.75, 3.05) is 23.7 Å². The molecule has 1 atom stereocenters. The van der Waals surface area contributed by atoms with Gasteiger partial charge >= 0.3 is 0 Å². The zero-order valence-electron chi connectivity index (χ0n) is 23.2. The lowest BCUT2D eigenvalue weighted by molar-refractivity contribution is -0.140. The molecule has 0 spiro atoms. The van der Waals surface area contributed by atoms with Gasteiger partial charge in [0, 0.05) is 35.1 Å². The Morgan fingerprint density at radius 3 is 2.15 bits per heavy atom. The number of hydrogen-bond acceptors (Lipinski definition) is 4. The molecule has 214 valence electrons. The molecule has 0 radical (unpaired) electrons. The highest BCUT2D eigenvalue weighted by molar-refractivity contribution is 7.92. The number of nitrogens with one attached hydrogen (secondary N) is 1. The summed E-state index contributed by atoms with van der Waals surface area (Å²) in [7, 11) is -3.85. The predicted molar refractivity (Wildman–Crippen MR) is 162 cm³/mol. The van der Waals surface area contributed by atoms with E-state index in [0.717, 1.165) is 27.3 Å². The Hall–Kier alpha value is -3.07. The molecular weight excluding hydrogens is 569 g/mol. The van der Waals surface area contributed by atoms with E-state index in [1.165, 1.54) is 4.90 Å². The Morgan fingerprint density at radius 1 is 0.925 bits per heavy atom. The number of nitrogens with zero attached hydrogens (tertiary/aromatic N) is 2. The maximum atomic E-state index is 14.1. The number of halogens is 2. The highest BCUT2D eigenvalue weighted by Gasteiger charge is 2.33. The molecule has 0 fully saturated rings. The fourth-order valence-corrected chi connectivity index (χ4v) is 5.63. The molecule has 3 aromatic carbocycles. The first-order valence-corrected chi connectivity index (χ1v) is 15.6. The molecule has 7 nitrogen and oxygen atoms in total. The number of anilines is 1. The highest BCUT2D eigenvalue weighted by atomic mass is 35.5. The van der Waals surface area contributed by atoms with Crippen LogP contribution < -0.4 is 9.62 Å². The van der Waals surface area contributed by atoms with Crippen molar-refractivity contribution in [1.82, 2.24) is 10.2 Å². The van der Waals surface area contributed by atoms with Gasteiger partial charge in [0.2, 0.25) is 21.8 Å². The number of carbonyl (C=O) groups excluding carboxylic acids is 2. The smallest absolute Gasteiger partial charge is 0.244 e. The van der Waals surface area contributed by atoms with Crippen molar-refractivity contribution in [1.29, 1.82) is 0 Å². The monoisotopic (exact) mass is 603 g/mol. The third-order valence-corrected chi connectivity index (χ3v) is 8.52. The van der Waals surface area contributed by atoms with E-state index in [9.17, 15) is 18.0 Å². The maximum absolute atomic E-state index is 14.1. The van der Waals surface area contributed by atoms with Crippen LogP contribution >= 0.6 is 23.2 Å². The minimum atomic E-state index is -3.85. The second-order valence-corrected chi connectivity index (χ2v) is 12.5. The number of benzene rings is 3. The number of sulfonamides is 1. The molecule has 1 unspecified atom stereocenters. The van der Waals surface area contributed by atoms with Crippen molar-refractivity contribution >= 4 is 50.7 Å². The third kappa shape index (κ3) is 8.22. The molecule has 0 bridgehead atoms. The largest absolute Gasteiger partial charge is 0.354 e. The van der Waals surface area contributed by atoms with E-state index in [1.54, 1.807) is 30.3 Å². The SMILES string of the molecule is CCCNC(=O)C(Cc1ccccc1)N(Cc1c(Cl)cccc1Cl)C(=O)CN(c1ccc(C)c(C)c1)S(C)(=O)=O. The fourth-order valence-electron chi connectivity index (χ4n) is 4.27. The molecule has 0 aliphatic rings. The summed E-state index contributed by atoms with van der Waals surface area (Å²) in [5.41, 5.74) is 3.56. The Bertz CT molecular complexity index is 1430. The summed E-state index contributed by atoms with van der Waals surface area (Å²) in [4.78, 5) is 29.0. The first kappa shape index (κ1) is 31.5. The average Bonchev–Trinajstić information content (AvgIpc) is 2.90. The number of carbonyl (C=O) groups is 2. The third-order valence-electron chi connectivity index (χ3n) is 6.67. The molecule has 40 heavy (non-hydrogen) atoms. The first-order chi connectivity index (χ1) is 18.9. The highest BCUT2D eigenvalue weighted by Crippen LogP contribution is 2.28. The number of hydrogen-bond donors (Lipinski definition) is 1. The van der Waals surface area contributed by atoms with Crippen molar-refractivity contribution in [2.45, 2.75) is 46.2 Å².